The van der Waals surface area contributed by atoms with Crippen LogP contribution in [0, 0.1) is 0 Å². The summed E-state index contributed by atoms with van der Waals surface area (Å²) in [5.41, 5.74) is 3.40. The first-order valence-corrected chi connectivity index (χ1v) is 10.1. The summed E-state index contributed by atoms with van der Waals surface area (Å²) in [5.74, 6) is -0.344. The number of carbonyl (C=O) groups is 1. The van der Waals surface area contributed by atoms with Crippen molar-refractivity contribution in [3.63, 3.8) is 0 Å². The van der Waals surface area contributed by atoms with Crippen LogP contribution < -0.4 is 5.32 Å². The van der Waals surface area contributed by atoms with Gasteiger partial charge in [-0.05, 0) is 49.7 Å². The van der Waals surface area contributed by atoms with Crippen molar-refractivity contribution in [2.24, 2.45) is 0 Å². The Morgan fingerprint density at radius 2 is 2.03 bits per heavy atom. The third kappa shape index (κ3) is 4.04. The molecule has 1 aromatic carbocycles. The molecule has 152 valence electrons. The number of ether oxygens (including phenoxy) is 2. The second-order valence-electron chi connectivity index (χ2n) is 7.17. The van der Waals surface area contributed by atoms with Gasteiger partial charge >= 0.3 is 5.97 Å². The van der Waals surface area contributed by atoms with Gasteiger partial charge in [-0.1, -0.05) is 12.1 Å². The van der Waals surface area contributed by atoms with Gasteiger partial charge in [0.1, 0.15) is 6.61 Å². The summed E-state index contributed by atoms with van der Waals surface area (Å²) < 4.78 is 12.4. The maximum Gasteiger partial charge on any atom is 0.338 e. The number of imidazole rings is 1. The average Bonchev–Trinajstić information content (AvgIpc) is 3.39. The maximum absolute atomic E-state index is 13.0. The lowest BCUT2D eigenvalue weighted by molar-refractivity contribution is -0.140. The number of methoxy groups -OCH3 is 1. The van der Waals surface area contributed by atoms with Gasteiger partial charge in [0, 0.05) is 36.9 Å². The molecule has 0 bridgehead atoms. The van der Waals surface area contributed by atoms with E-state index >= 15 is 0 Å². The van der Waals surface area contributed by atoms with E-state index in [1.807, 2.05) is 42.0 Å². The van der Waals surface area contributed by atoms with E-state index in [0.29, 0.717) is 23.3 Å². The number of hydrogen-bond acceptors (Lipinski definition) is 5. The summed E-state index contributed by atoms with van der Waals surface area (Å²) >= 11 is 5.63. The Morgan fingerprint density at radius 3 is 2.66 bits per heavy atom. The van der Waals surface area contributed by atoms with Gasteiger partial charge in [0.05, 0.1) is 24.5 Å². The Bertz CT molecular complexity index is 920. The Morgan fingerprint density at radius 1 is 1.28 bits per heavy atom. The predicted octanol–water partition coefficient (Wildman–Crippen LogP) is 2.73. The summed E-state index contributed by atoms with van der Waals surface area (Å²) in [6.45, 7) is 2.53. The number of aromatic nitrogens is 2. The molecule has 2 aromatic rings. The van der Waals surface area contributed by atoms with Crippen LogP contribution in [0.25, 0.3) is 5.69 Å². The first-order chi connectivity index (χ1) is 14.1. The first kappa shape index (κ1) is 19.6. The second-order valence-corrected chi connectivity index (χ2v) is 7.56. The van der Waals surface area contributed by atoms with Crippen molar-refractivity contribution in [3.05, 3.63) is 59.8 Å². The van der Waals surface area contributed by atoms with Crippen LogP contribution in [-0.4, -0.2) is 51.9 Å². The van der Waals surface area contributed by atoms with Crippen LogP contribution in [0.3, 0.4) is 0 Å². The van der Waals surface area contributed by atoms with Crippen molar-refractivity contribution in [3.8, 4) is 5.69 Å². The fourth-order valence-corrected chi connectivity index (χ4v) is 3.99. The normalized spacial score (nSPS) is 19.3. The molecule has 29 heavy (non-hydrogen) atoms. The molecule has 0 amide bonds. The third-order valence-corrected chi connectivity index (χ3v) is 5.52. The molecule has 1 aliphatic heterocycles. The van der Waals surface area contributed by atoms with E-state index in [0.717, 1.165) is 29.8 Å². The number of hydrogen-bond donors (Lipinski definition) is 1. The van der Waals surface area contributed by atoms with Crippen molar-refractivity contribution < 1.29 is 14.3 Å². The molecule has 1 aromatic heterocycles. The van der Waals surface area contributed by atoms with Crippen LogP contribution in [0.4, 0.5) is 0 Å². The SMILES string of the molecule is COCCOC(=O)C1=C(C)N(C2CC2)C(=S)NC1c1ccc(-n2ccnc2)cc1. The molecular weight excluding hydrogens is 388 g/mol. The van der Waals surface area contributed by atoms with E-state index in [1.54, 1.807) is 19.6 Å². The van der Waals surface area contributed by atoms with E-state index in [4.69, 9.17) is 21.7 Å². The van der Waals surface area contributed by atoms with Gasteiger partial charge in [-0.25, -0.2) is 9.78 Å². The predicted molar refractivity (Wildman–Crippen MR) is 112 cm³/mol. The first-order valence-electron chi connectivity index (χ1n) is 9.65. The lowest BCUT2D eigenvalue weighted by Crippen LogP contribution is -2.48. The Labute approximate surface area is 175 Å². The number of esters is 1. The molecule has 1 aliphatic carbocycles. The van der Waals surface area contributed by atoms with Crippen molar-refractivity contribution in [2.45, 2.75) is 31.8 Å². The number of nitrogens with one attached hydrogen (secondary N) is 1. The second kappa shape index (κ2) is 8.34. The number of allylic oxidation sites excluding steroid dienone is 1. The van der Waals surface area contributed by atoms with Crippen LogP contribution in [0.15, 0.2) is 54.3 Å². The third-order valence-electron chi connectivity index (χ3n) is 5.21. The molecule has 2 aliphatic rings. The van der Waals surface area contributed by atoms with Crippen LogP contribution in [0.1, 0.15) is 31.4 Å². The van der Waals surface area contributed by atoms with Gasteiger partial charge in [0.25, 0.3) is 0 Å². The fraction of sp³-hybridized carbons (Fsp3) is 0.381. The minimum atomic E-state index is -0.357. The molecule has 1 saturated carbocycles. The van der Waals surface area contributed by atoms with Crippen LogP contribution in [0.5, 0.6) is 0 Å². The fourth-order valence-electron chi connectivity index (χ4n) is 3.59. The van der Waals surface area contributed by atoms with Crippen molar-refractivity contribution in [2.75, 3.05) is 20.3 Å². The highest BCUT2D eigenvalue weighted by Crippen LogP contribution is 2.38. The minimum Gasteiger partial charge on any atom is -0.460 e. The van der Waals surface area contributed by atoms with E-state index in [-0.39, 0.29) is 18.6 Å². The van der Waals surface area contributed by atoms with Crippen molar-refractivity contribution in [1.29, 1.82) is 0 Å². The number of carbonyl (C=O) groups excluding carboxylic acids is 1. The van der Waals surface area contributed by atoms with Crippen LogP contribution in [0.2, 0.25) is 0 Å². The Kier molecular flexibility index (Phi) is 5.64. The topological polar surface area (TPSA) is 68.6 Å². The number of thiocarbonyl (C=S) groups is 1. The molecule has 0 spiro atoms. The standard InChI is InChI=1S/C21H24N4O3S/c1-14-18(20(26)28-12-11-27-2)19(23-21(29)25(14)17-7-8-17)15-3-5-16(6-4-15)24-10-9-22-13-24/h3-6,9-10,13,17,19H,7-8,11-12H2,1-2H3,(H,23,29). The monoisotopic (exact) mass is 412 g/mol. The molecule has 7 nitrogen and oxygen atoms in total. The van der Waals surface area contributed by atoms with E-state index in [9.17, 15) is 4.79 Å². The van der Waals surface area contributed by atoms with Crippen LogP contribution in [-0.2, 0) is 14.3 Å². The number of rotatable bonds is 7. The molecule has 0 saturated heterocycles. The van der Waals surface area contributed by atoms with Gasteiger partial charge < -0.3 is 24.3 Å². The van der Waals surface area contributed by atoms with E-state index < -0.39 is 0 Å². The Hall–Kier alpha value is -2.71. The molecule has 4 rings (SSSR count). The van der Waals surface area contributed by atoms with Gasteiger partial charge in [-0.2, -0.15) is 0 Å². The summed E-state index contributed by atoms with van der Waals surface area (Å²) in [7, 11) is 1.58. The lowest BCUT2D eigenvalue weighted by Gasteiger charge is -2.37. The molecule has 0 radical (unpaired) electrons. The quantitative estimate of drug-likeness (QED) is 0.426. The average molecular weight is 413 g/mol. The summed E-state index contributed by atoms with van der Waals surface area (Å²) in [6.07, 6.45) is 7.53. The highest BCUT2D eigenvalue weighted by molar-refractivity contribution is 7.80. The van der Waals surface area contributed by atoms with Crippen LogP contribution >= 0.6 is 12.2 Å². The van der Waals surface area contributed by atoms with Gasteiger partial charge in [0.2, 0.25) is 0 Å². The summed E-state index contributed by atoms with van der Waals surface area (Å²) in [6, 6.07) is 8.00. The molecule has 2 heterocycles. The van der Waals surface area contributed by atoms with Gasteiger partial charge in [0.15, 0.2) is 5.11 Å². The molecule has 1 unspecified atom stereocenters. The Balaban J connectivity index is 1.66. The molecule has 1 N–H and O–H groups in total. The summed E-state index contributed by atoms with van der Waals surface area (Å²) in [4.78, 5) is 19.1. The summed E-state index contributed by atoms with van der Waals surface area (Å²) in [5, 5.41) is 4.01. The van der Waals surface area contributed by atoms with Crippen molar-refractivity contribution in [1.82, 2.24) is 19.8 Å². The van der Waals surface area contributed by atoms with Crippen molar-refractivity contribution >= 4 is 23.3 Å². The largest absolute Gasteiger partial charge is 0.460 e. The zero-order valence-corrected chi connectivity index (χ0v) is 17.3. The molecular formula is C21H24N4O3S. The highest BCUT2D eigenvalue weighted by Gasteiger charge is 2.40. The molecule has 1 atom stereocenters. The smallest absolute Gasteiger partial charge is 0.338 e. The van der Waals surface area contributed by atoms with Gasteiger partial charge in [-0.15, -0.1) is 0 Å². The van der Waals surface area contributed by atoms with Gasteiger partial charge in [-0.3, -0.25) is 0 Å². The maximum atomic E-state index is 13.0. The zero-order valence-electron chi connectivity index (χ0n) is 16.5. The minimum absolute atomic E-state index is 0.215. The number of nitrogens with zero attached hydrogens (tertiary/aromatic N) is 3. The molecule has 8 heteroatoms. The number of benzene rings is 1. The van der Waals surface area contributed by atoms with E-state index in [2.05, 4.69) is 15.2 Å². The lowest BCUT2D eigenvalue weighted by atomic mass is 9.94. The van der Waals surface area contributed by atoms with E-state index in [1.165, 1.54) is 0 Å². The zero-order chi connectivity index (χ0) is 20.4. The molecule has 1 fully saturated rings. The highest BCUT2D eigenvalue weighted by atomic mass is 32.1.